The molecule has 2 aliphatic rings. The second-order valence-corrected chi connectivity index (χ2v) is 8.82. The van der Waals surface area contributed by atoms with E-state index in [2.05, 4.69) is 10.6 Å². The molecule has 0 aliphatic carbocycles. The van der Waals surface area contributed by atoms with E-state index in [0.717, 1.165) is 31.5 Å². The van der Waals surface area contributed by atoms with Crippen LogP contribution in [0.4, 0.5) is 5.69 Å². The average Bonchev–Trinajstić information content (AvgIpc) is 2.86. The molecule has 10 heteroatoms. The molecule has 0 saturated carbocycles. The zero-order valence-electron chi connectivity index (χ0n) is 17.5. The van der Waals surface area contributed by atoms with Gasteiger partial charge in [-0.15, -0.1) is 0 Å². The van der Waals surface area contributed by atoms with Crippen molar-refractivity contribution in [2.75, 3.05) is 30.8 Å². The number of nitrogens with one attached hydrogen (secondary N) is 2. The summed E-state index contributed by atoms with van der Waals surface area (Å²) in [5, 5.41) is 25.5. The molecule has 172 valence electrons. The third kappa shape index (κ3) is 5.97. The first kappa shape index (κ1) is 25.1. The van der Waals surface area contributed by atoms with Crippen LogP contribution in [0.3, 0.4) is 0 Å². The molecule has 0 aromatic heterocycles. The van der Waals surface area contributed by atoms with Crippen LogP contribution in [0.25, 0.3) is 0 Å². The van der Waals surface area contributed by atoms with Gasteiger partial charge in [-0.1, -0.05) is 18.2 Å². The molecule has 3 atom stereocenters. The average molecular weight is 454 g/mol. The van der Waals surface area contributed by atoms with Gasteiger partial charge < -0.3 is 21.0 Å². The molecular weight excluding hydrogens is 422 g/mol. The van der Waals surface area contributed by atoms with Crippen LogP contribution in [0.2, 0.25) is 0 Å². The lowest BCUT2D eigenvalue weighted by Crippen LogP contribution is -2.57. The monoisotopic (exact) mass is 453 g/mol. The standard InChI is InChI=1S/C21H29N3O5S.H2O/c1-30-19(14-8-10-22-11-9-14)18(21(28)29)23-15-7-6-13-4-2-3-5-16(13)24(20(15)27)12-17(25)26;/h2-5,14-15,18-19,22-23H,6-12H2,1H3,(H,25,26)(H,28,29);1H2/t15?,18-,19?;/m0./s1. The van der Waals surface area contributed by atoms with Crippen molar-refractivity contribution in [3.05, 3.63) is 29.8 Å². The van der Waals surface area contributed by atoms with Gasteiger partial charge in [0.25, 0.3) is 0 Å². The molecule has 0 bridgehead atoms. The first-order chi connectivity index (χ1) is 14.4. The van der Waals surface area contributed by atoms with E-state index in [-0.39, 0.29) is 16.6 Å². The molecule has 1 aromatic rings. The Morgan fingerprint density at radius 1 is 1.23 bits per heavy atom. The van der Waals surface area contributed by atoms with E-state index >= 15 is 0 Å². The van der Waals surface area contributed by atoms with E-state index in [1.807, 2.05) is 18.4 Å². The number of carbonyl (C=O) groups is 3. The Morgan fingerprint density at radius 3 is 2.52 bits per heavy atom. The zero-order chi connectivity index (χ0) is 21.7. The third-order valence-electron chi connectivity index (χ3n) is 5.94. The number of aryl methyl sites for hydroxylation is 1. The van der Waals surface area contributed by atoms with E-state index in [1.54, 1.807) is 12.1 Å². The van der Waals surface area contributed by atoms with Crippen LogP contribution in [-0.2, 0) is 20.8 Å². The first-order valence-electron chi connectivity index (χ1n) is 10.3. The SMILES string of the molecule is CSC(C1CCNCC1)[C@H](NC1CCc2ccccc2N(CC(=O)O)C1=O)C(=O)O.O. The maximum atomic E-state index is 13.3. The molecule has 0 radical (unpaired) electrons. The van der Waals surface area contributed by atoms with Gasteiger partial charge >= 0.3 is 11.9 Å². The molecular formula is C21H31N3O6S. The highest BCUT2D eigenvalue weighted by atomic mass is 32.2. The number of hydrogen-bond donors (Lipinski definition) is 4. The van der Waals surface area contributed by atoms with Gasteiger partial charge in [-0.2, -0.15) is 11.8 Å². The Bertz CT molecular complexity index is 786. The van der Waals surface area contributed by atoms with Crippen molar-refractivity contribution in [3.63, 3.8) is 0 Å². The molecule has 1 saturated heterocycles. The lowest BCUT2D eigenvalue weighted by atomic mass is 9.89. The van der Waals surface area contributed by atoms with Crippen LogP contribution in [0.5, 0.6) is 0 Å². The van der Waals surface area contributed by atoms with Crippen molar-refractivity contribution in [1.29, 1.82) is 0 Å². The number of carboxylic acid groups (broad SMARTS) is 2. The number of amides is 1. The summed E-state index contributed by atoms with van der Waals surface area (Å²) in [5.74, 6) is -2.24. The van der Waals surface area contributed by atoms with Gasteiger partial charge in [0.1, 0.15) is 12.6 Å². The highest BCUT2D eigenvalue weighted by molar-refractivity contribution is 7.99. The Kier molecular flexibility index (Phi) is 9.30. The molecule has 9 nitrogen and oxygen atoms in total. The smallest absolute Gasteiger partial charge is 0.323 e. The summed E-state index contributed by atoms with van der Waals surface area (Å²) < 4.78 is 0. The fourth-order valence-electron chi connectivity index (χ4n) is 4.47. The van der Waals surface area contributed by atoms with Gasteiger partial charge in [-0.3, -0.25) is 24.6 Å². The van der Waals surface area contributed by atoms with Gasteiger partial charge in [0.05, 0.1) is 6.04 Å². The zero-order valence-corrected chi connectivity index (χ0v) is 18.4. The fourth-order valence-corrected chi connectivity index (χ4v) is 5.59. The normalized spacial score (nSPS) is 21.4. The molecule has 31 heavy (non-hydrogen) atoms. The molecule has 2 heterocycles. The maximum absolute atomic E-state index is 13.3. The number of fused-ring (bicyclic) bond motifs is 1. The van der Waals surface area contributed by atoms with Gasteiger partial charge in [-0.05, 0) is 62.6 Å². The second-order valence-electron chi connectivity index (χ2n) is 7.81. The van der Waals surface area contributed by atoms with Crippen molar-refractivity contribution in [2.24, 2.45) is 5.92 Å². The van der Waals surface area contributed by atoms with Crippen LogP contribution >= 0.6 is 11.8 Å². The number of benzene rings is 1. The van der Waals surface area contributed by atoms with Crippen LogP contribution in [0, 0.1) is 5.92 Å². The lowest BCUT2D eigenvalue weighted by molar-refractivity contribution is -0.141. The third-order valence-corrected chi connectivity index (χ3v) is 7.14. The number of carbonyl (C=O) groups excluding carboxylic acids is 1. The summed E-state index contributed by atoms with van der Waals surface area (Å²) in [6, 6.07) is 5.62. The van der Waals surface area contributed by atoms with Crippen LogP contribution in [0.15, 0.2) is 24.3 Å². The summed E-state index contributed by atoms with van der Waals surface area (Å²) in [4.78, 5) is 38.1. The van der Waals surface area contributed by atoms with Gasteiger partial charge in [0.15, 0.2) is 0 Å². The van der Waals surface area contributed by atoms with Crippen LogP contribution in [-0.4, -0.2) is 76.8 Å². The van der Waals surface area contributed by atoms with E-state index < -0.39 is 36.5 Å². The largest absolute Gasteiger partial charge is 0.480 e. The fraction of sp³-hybridized carbons (Fsp3) is 0.571. The van der Waals surface area contributed by atoms with E-state index in [0.29, 0.717) is 18.5 Å². The Balaban J connectivity index is 0.00000341. The number of thioether (sulfide) groups is 1. The van der Waals surface area contributed by atoms with Crippen LogP contribution < -0.4 is 15.5 Å². The van der Waals surface area contributed by atoms with Crippen molar-refractivity contribution < 1.29 is 30.1 Å². The molecule has 3 rings (SSSR count). The Hall–Kier alpha value is -2.14. The Labute approximate surface area is 185 Å². The molecule has 2 unspecified atom stereocenters. The number of nitrogens with zero attached hydrogens (tertiary/aromatic N) is 1. The van der Waals surface area contributed by atoms with E-state index in [9.17, 15) is 24.6 Å². The maximum Gasteiger partial charge on any atom is 0.323 e. The number of aliphatic carboxylic acids is 2. The molecule has 1 fully saturated rings. The molecule has 6 N–H and O–H groups in total. The van der Waals surface area contributed by atoms with Crippen molar-refractivity contribution >= 4 is 35.3 Å². The number of para-hydroxylation sites is 1. The number of piperidine rings is 1. The minimum atomic E-state index is -1.11. The minimum absolute atomic E-state index is 0. The summed E-state index contributed by atoms with van der Waals surface area (Å²) >= 11 is 1.52. The Morgan fingerprint density at radius 2 is 1.90 bits per heavy atom. The van der Waals surface area contributed by atoms with Gasteiger partial charge in [0.2, 0.25) is 5.91 Å². The lowest BCUT2D eigenvalue weighted by Gasteiger charge is -2.35. The number of carboxylic acids is 2. The summed E-state index contributed by atoms with van der Waals surface area (Å²) in [7, 11) is 0. The quantitative estimate of drug-likeness (QED) is 0.441. The highest BCUT2D eigenvalue weighted by Gasteiger charge is 2.39. The summed E-state index contributed by atoms with van der Waals surface area (Å²) in [5.41, 5.74) is 1.48. The molecule has 1 amide bonds. The number of rotatable bonds is 8. The van der Waals surface area contributed by atoms with Crippen molar-refractivity contribution in [1.82, 2.24) is 10.6 Å². The van der Waals surface area contributed by atoms with Gasteiger partial charge in [-0.25, -0.2) is 0 Å². The van der Waals surface area contributed by atoms with E-state index in [4.69, 9.17) is 0 Å². The molecule has 0 spiro atoms. The predicted molar refractivity (Wildman–Crippen MR) is 120 cm³/mol. The van der Waals surface area contributed by atoms with E-state index in [1.165, 1.54) is 16.7 Å². The number of anilines is 1. The predicted octanol–water partition coefficient (Wildman–Crippen LogP) is 0.368. The second kappa shape index (κ2) is 11.5. The minimum Gasteiger partial charge on any atom is -0.480 e. The van der Waals surface area contributed by atoms with Crippen molar-refractivity contribution in [3.8, 4) is 0 Å². The van der Waals surface area contributed by atoms with Crippen molar-refractivity contribution in [2.45, 2.75) is 43.0 Å². The summed E-state index contributed by atoms with van der Waals surface area (Å²) in [6.45, 7) is 1.27. The molecule has 2 aliphatic heterocycles. The van der Waals surface area contributed by atoms with Gasteiger partial charge in [0, 0.05) is 10.9 Å². The molecule has 1 aromatic carbocycles. The summed E-state index contributed by atoms with van der Waals surface area (Å²) in [6.07, 6.45) is 4.69. The first-order valence-corrected chi connectivity index (χ1v) is 11.5. The highest BCUT2D eigenvalue weighted by Crippen LogP contribution is 2.30. The topological polar surface area (TPSA) is 150 Å². The van der Waals surface area contributed by atoms with Crippen LogP contribution in [0.1, 0.15) is 24.8 Å². The number of hydrogen-bond acceptors (Lipinski definition) is 6.